The van der Waals surface area contributed by atoms with Gasteiger partial charge in [-0.25, -0.2) is 13.1 Å². The lowest BCUT2D eigenvalue weighted by atomic mass is 10.0. The highest BCUT2D eigenvalue weighted by molar-refractivity contribution is 7.89. The topological polar surface area (TPSA) is 110 Å². The zero-order valence-corrected chi connectivity index (χ0v) is 13.6. The van der Waals surface area contributed by atoms with Gasteiger partial charge in [0.2, 0.25) is 10.0 Å². The van der Waals surface area contributed by atoms with Crippen LogP contribution >= 0.6 is 11.6 Å². The number of hydrogen-bond donors (Lipinski definition) is 2. The molecule has 1 rings (SSSR count). The Morgan fingerprint density at radius 2 is 1.95 bits per heavy atom. The first-order valence-electron chi connectivity index (χ1n) is 6.05. The molecule has 0 bridgehead atoms. The Bertz CT molecular complexity index is 670. The van der Waals surface area contributed by atoms with Crippen LogP contribution in [0.2, 0.25) is 5.02 Å². The van der Waals surface area contributed by atoms with Gasteiger partial charge in [0, 0.05) is 11.6 Å². The van der Waals surface area contributed by atoms with Gasteiger partial charge in [0.15, 0.2) is 0 Å². The van der Waals surface area contributed by atoms with Crippen LogP contribution in [0, 0.1) is 17.0 Å². The molecule has 9 heteroatoms. The molecule has 21 heavy (non-hydrogen) atoms. The molecule has 0 spiro atoms. The zero-order valence-electron chi connectivity index (χ0n) is 12.0. The highest BCUT2D eigenvalue weighted by Gasteiger charge is 2.32. The minimum atomic E-state index is -4.06. The van der Waals surface area contributed by atoms with Crippen molar-refractivity contribution in [2.24, 2.45) is 0 Å². The van der Waals surface area contributed by atoms with Gasteiger partial charge in [0.25, 0.3) is 5.69 Å². The standard InChI is InChI=1S/C12H17ClN2O5S/c1-7-10(13)5-9(6-11(7)15(17)18)21(19,20)14-12(3,4)8(2)16/h5-6,8,14,16H,1-4H3. The second kappa shape index (κ2) is 5.88. The van der Waals surface area contributed by atoms with Crippen LogP contribution in [0.1, 0.15) is 26.3 Å². The van der Waals surface area contributed by atoms with Crippen molar-refractivity contribution in [3.8, 4) is 0 Å². The minimum absolute atomic E-state index is 0.0144. The Hall–Kier alpha value is -1.22. The fraction of sp³-hybridized carbons (Fsp3) is 0.500. The first-order valence-corrected chi connectivity index (χ1v) is 7.91. The molecule has 0 radical (unpaired) electrons. The summed E-state index contributed by atoms with van der Waals surface area (Å²) in [6.07, 6.45) is -0.955. The van der Waals surface area contributed by atoms with E-state index in [0.717, 1.165) is 12.1 Å². The molecule has 1 unspecified atom stereocenters. The van der Waals surface area contributed by atoms with Crippen molar-refractivity contribution in [3.63, 3.8) is 0 Å². The molecule has 0 amide bonds. The van der Waals surface area contributed by atoms with Crippen molar-refractivity contribution in [2.75, 3.05) is 0 Å². The molecule has 0 aliphatic carbocycles. The number of aliphatic hydroxyl groups is 1. The highest BCUT2D eigenvalue weighted by atomic mass is 35.5. The third kappa shape index (κ3) is 3.91. The molecule has 1 aromatic carbocycles. The molecule has 2 N–H and O–H groups in total. The van der Waals surface area contributed by atoms with E-state index in [0.29, 0.717) is 0 Å². The van der Waals surface area contributed by atoms with Crippen molar-refractivity contribution in [2.45, 2.75) is 44.2 Å². The summed E-state index contributed by atoms with van der Waals surface area (Å²) in [6, 6.07) is 2.09. The lowest BCUT2D eigenvalue weighted by Crippen LogP contribution is -2.50. The van der Waals surface area contributed by atoms with Crippen LogP contribution in [0.4, 0.5) is 5.69 Å². The lowest BCUT2D eigenvalue weighted by Gasteiger charge is -2.28. The number of sulfonamides is 1. The third-order valence-corrected chi connectivity index (χ3v) is 5.28. The Balaban J connectivity index is 3.37. The Morgan fingerprint density at radius 1 is 1.43 bits per heavy atom. The maximum Gasteiger partial charge on any atom is 0.275 e. The van der Waals surface area contributed by atoms with Crippen LogP contribution in [0.25, 0.3) is 0 Å². The largest absolute Gasteiger partial charge is 0.391 e. The maximum atomic E-state index is 12.3. The molecule has 0 aromatic heterocycles. The Morgan fingerprint density at radius 3 is 2.38 bits per heavy atom. The third-order valence-electron chi connectivity index (χ3n) is 3.24. The SMILES string of the molecule is Cc1c(Cl)cc(S(=O)(=O)NC(C)(C)C(C)O)cc1[N+](=O)[O-]. The van der Waals surface area contributed by atoms with Crippen LogP contribution < -0.4 is 4.72 Å². The van der Waals surface area contributed by atoms with E-state index in [1.54, 1.807) is 0 Å². The summed E-state index contributed by atoms with van der Waals surface area (Å²) in [5, 5.41) is 20.5. The highest BCUT2D eigenvalue weighted by Crippen LogP contribution is 2.30. The molecule has 1 atom stereocenters. The van der Waals surface area contributed by atoms with Gasteiger partial charge >= 0.3 is 0 Å². The van der Waals surface area contributed by atoms with E-state index >= 15 is 0 Å². The average molecular weight is 337 g/mol. The monoisotopic (exact) mass is 336 g/mol. The predicted molar refractivity (Wildman–Crippen MR) is 78.9 cm³/mol. The molecule has 0 saturated heterocycles. The molecule has 118 valence electrons. The van der Waals surface area contributed by atoms with E-state index in [9.17, 15) is 23.6 Å². The van der Waals surface area contributed by atoms with Crippen molar-refractivity contribution in [1.82, 2.24) is 4.72 Å². The summed E-state index contributed by atoms with van der Waals surface area (Å²) >= 11 is 5.86. The number of nitrogens with zero attached hydrogens (tertiary/aromatic N) is 1. The van der Waals surface area contributed by atoms with E-state index in [4.69, 9.17) is 11.6 Å². The second-order valence-corrected chi connectivity index (χ2v) is 7.40. The number of nitro groups is 1. The number of halogens is 1. The van der Waals surface area contributed by atoms with Crippen LogP contribution in [-0.4, -0.2) is 30.1 Å². The van der Waals surface area contributed by atoms with E-state index in [1.165, 1.54) is 27.7 Å². The maximum absolute atomic E-state index is 12.3. The van der Waals surface area contributed by atoms with Gasteiger partial charge in [-0.05, 0) is 33.8 Å². The van der Waals surface area contributed by atoms with Crippen LogP contribution in [0.5, 0.6) is 0 Å². The number of aliphatic hydroxyl groups excluding tert-OH is 1. The first kappa shape index (κ1) is 17.8. The van der Waals surface area contributed by atoms with Crippen LogP contribution in [-0.2, 0) is 10.0 Å². The number of nitrogens with one attached hydrogen (secondary N) is 1. The Kier molecular flexibility index (Phi) is 4.99. The van der Waals surface area contributed by atoms with Gasteiger partial charge in [-0.1, -0.05) is 11.6 Å². The fourth-order valence-electron chi connectivity index (χ4n) is 1.48. The molecular formula is C12H17ClN2O5S. The molecule has 0 aliphatic heterocycles. The summed E-state index contributed by atoms with van der Waals surface area (Å²) in [5.74, 6) is 0. The van der Waals surface area contributed by atoms with Gasteiger partial charge in [0.1, 0.15) is 0 Å². The zero-order chi connectivity index (χ0) is 16.6. The summed E-state index contributed by atoms with van der Waals surface area (Å²) in [7, 11) is -4.06. The van der Waals surface area contributed by atoms with Crippen molar-refractivity contribution >= 4 is 27.3 Å². The predicted octanol–water partition coefficient (Wildman–Crippen LogP) is 1.99. The molecule has 0 aliphatic rings. The number of benzene rings is 1. The molecule has 0 fully saturated rings. The molecular weight excluding hydrogens is 320 g/mol. The number of rotatable bonds is 5. The van der Waals surface area contributed by atoms with Gasteiger partial charge in [0.05, 0.1) is 26.5 Å². The van der Waals surface area contributed by atoms with Crippen LogP contribution in [0.3, 0.4) is 0 Å². The molecule has 0 saturated carbocycles. The Labute approximate surface area is 128 Å². The minimum Gasteiger partial charge on any atom is -0.391 e. The number of nitro benzene ring substituents is 1. The molecule has 1 aromatic rings. The van der Waals surface area contributed by atoms with E-state index in [1.807, 2.05) is 0 Å². The summed E-state index contributed by atoms with van der Waals surface area (Å²) in [5.41, 5.74) is -1.32. The molecule has 7 nitrogen and oxygen atoms in total. The van der Waals surface area contributed by atoms with Gasteiger partial charge in [-0.2, -0.15) is 0 Å². The van der Waals surface area contributed by atoms with Crippen LogP contribution in [0.15, 0.2) is 17.0 Å². The van der Waals surface area contributed by atoms with Gasteiger partial charge in [-0.3, -0.25) is 10.1 Å². The summed E-state index contributed by atoms with van der Waals surface area (Å²) in [4.78, 5) is 9.92. The van der Waals surface area contributed by atoms with Gasteiger partial charge < -0.3 is 5.11 Å². The normalized spacial score (nSPS) is 14.0. The number of hydrogen-bond acceptors (Lipinski definition) is 5. The van der Waals surface area contributed by atoms with Crippen molar-refractivity contribution in [1.29, 1.82) is 0 Å². The lowest BCUT2D eigenvalue weighted by molar-refractivity contribution is -0.385. The molecule has 0 heterocycles. The van der Waals surface area contributed by atoms with Crippen molar-refractivity contribution in [3.05, 3.63) is 32.8 Å². The van der Waals surface area contributed by atoms with Crippen molar-refractivity contribution < 1.29 is 18.4 Å². The van der Waals surface area contributed by atoms with E-state index in [2.05, 4.69) is 4.72 Å². The second-order valence-electron chi connectivity index (χ2n) is 5.31. The summed E-state index contributed by atoms with van der Waals surface area (Å²) < 4.78 is 26.9. The van der Waals surface area contributed by atoms with Gasteiger partial charge in [-0.15, -0.1) is 0 Å². The average Bonchev–Trinajstić information content (AvgIpc) is 2.30. The van der Waals surface area contributed by atoms with E-state index < -0.39 is 26.6 Å². The summed E-state index contributed by atoms with van der Waals surface area (Å²) in [6.45, 7) is 5.87. The first-order chi connectivity index (χ1) is 9.38. The quantitative estimate of drug-likeness (QED) is 0.631. The van der Waals surface area contributed by atoms with E-state index in [-0.39, 0.29) is 21.2 Å². The fourth-order valence-corrected chi connectivity index (χ4v) is 3.28. The smallest absolute Gasteiger partial charge is 0.275 e.